The first-order valence-corrected chi connectivity index (χ1v) is 11.6. The molecule has 0 atom stereocenters. The third-order valence-electron chi connectivity index (χ3n) is 6.28. The third-order valence-corrected chi connectivity index (χ3v) is 6.28. The predicted molar refractivity (Wildman–Crippen MR) is 129 cm³/mol. The van der Waals surface area contributed by atoms with E-state index in [1.54, 1.807) is 36.4 Å². The molecule has 0 saturated carbocycles. The quantitative estimate of drug-likeness (QED) is 0.416. The maximum absolute atomic E-state index is 13.7. The average Bonchev–Trinajstić information content (AvgIpc) is 2.82. The standard InChI is InChI=1S/C26H25F3N4O4/c1-37-23(34)12-18-5-3-2-4-16(18)8-11-22-21(26(27,28)29)13-30-24(32-22)31-20-9-6-17(7-10-20)19-14-33(15-19)25(35)36/h2-7,9-10,13,19H,8,11-12,14-15H2,1H3,(H,35,36)(H,30,31,32). The van der Waals surface area contributed by atoms with Gasteiger partial charge in [-0.05, 0) is 41.7 Å². The molecule has 1 fully saturated rings. The Morgan fingerprint density at radius 1 is 1.08 bits per heavy atom. The number of anilines is 2. The largest absolute Gasteiger partial charge is 0.469 e. The van der Waals surface area contributed by atoms with Crippen molar-refractivity contribution in [3.63, 3.8) is 0 Å². The van der Waals surface area contributed by atoms with Gasteiger partial charge < -0.3 is 20.1 Å². The molecule has 2 aromatic carbocycles. The molecule has 0 bridgehead atoms. The van der Waals surface area contributed by atoms with E-state index in [9.17, 15) is 22.8 Å². The van der Waals surface area contributed by atoms with Crippen molar-refractivity contribution >= 4 is 23.7 Å². The van der Waals surface area contributed by atoms with Crippen LogP contribution in [0.3, 0.4) is 0 Å². The van der Waals surface area contributed by atoms with E-state index in [2.05, 4.69) is 15.3 Å². The van der Waals surface area contributed by atoms with Crippen molar-refractivity contribution < 1.29 is 32.6 Å². The van der Waals surface area contributed by atoms with E-state index < -0.39 is 23.8 Å². The van der Waals surface area contributed by atoms with E-state index in [0.717, 1.165) is 17.3 Å². The Balaban J connectivity index is 1.49. The summed E-state index contributed by atoms with van der Waals surface area (Å²) in [5.41, 5.74) is 1.93. The zero-order chi connectivity index (χ0) is 26.6. The lowest BCUT2D eigenvalue weighted by Gasteiger charge is -2.37. The van der Waals surface area contributed by atoms with Crippen LogP contribution in [-0.2, 0) is 35.0 Å². The van der Waals surface area contributed by atoms with E-state index in [1.807, 2.05) is 12.1 Å². The average molecular weight is 515 g/mol. The van der Waals surface area contributed by atoms with Gasteiger partial charge in [0.15, 0.2) is 0 Å². The Morgan fingerprint density at radius 2 is 1.76 bits per heavy atom. The second kappa shape index (κ2) is 10.9. The van der Waals surface area contributed by atoms with Crippen LogP contribution in [0.4, 0.5) is 29.6 Å². The van der Waals surface area contributed by atoms with Gasteiger partial charge in [-0.25, -0.2) is 14.8 Å². The molecule has 3 aromatic rings. The highest BCUT2D eigenvalue weighted by atomic mass is 19.4. The Bertz CT molecular complexity index is 1280. The van der Waals surface area contributed by atoms with Crippen molar-refractivity contribution in [1.29, 1.82) is 0 Å². The highest BCUT2D eigenvalue weighted by Gasteiger charge is 2.35. The molecule has 2 heterocycles. The first-order valence-electron chi connectivity index (χ1n) is 11.6. The first-order chi connectivity index (χ1) is 17.6. The van der Waals surface area contributed by atoms with Crippen LogP contribution in [0.25, 0.3) is 0 Å². The molecular formula is C26H25F3N4O4. The molecule has 0 spiro atoms. The molecular weight excluding hydrogens is 489 g/mol. The summed E-state index contributed by atoms with van der Waals surface area (Å²) >= 11 is 0. The number of ether oxygens (including phenoxy) is 1. The molecule has 2 N–H and O–H groups in total. The number of methoxy groups -OCH3 is 1. The first kappa shape index (κ1) is 25.9. The number of benzene rings is 2. The van der Waals surface area contributed by atoms with Crippen LogP contribution in [0.2, 0.25) is 0 Å². The number of carboxylic acid groups (broad SMARTS) is 1. The van der Waals surface area contributed by atoms with Gasteiger partial charge in [-0.15, -0.1) is 0 Å². The summed E-state index contributed by atoms with van der Waals surface area (Å²) in [5.74, 6) is -0.292. The van der Waals surface area contributed by atoms with Gasteiger partial charge in [-0.3, -0.25) is 4.79 Å². The van der Waals surface area contributed by atoms with Gasteiger partial charge in [-0.1, -0.05) is 36.4 Å². The number of rotatable bonds is 8. The van der Waals surface area contributed by atoms with Gasteiger partial charge >= 0.3 is 18.2 Å². The molecule has 4 rings (SSSR count). The van der Waals surface area contributed by atoms with Gasteiger partial charge in [0.1, 0.15) is 0 Å². The predicted octanol–water partition coefficient (Wildman–Crippen LogP) is 4.82. The number of likely N-dealkylation sites (tertiary alicyclic amines) is 1. The Hall–Kier alpha value is -4.15. The molecule has 1 amide bonds. The summed E-state index contributed by atoms with van der Waals surface area (Å²) in [6.07, 6.45) is -4.53. The number of aryl methyl sites for hydroxylation is 2. The summed E-state index contributed by atoms with van der Waals surface area (Å²) in [6, 6.07) is 14.2. The number of nitrogens with zero attached hydrogens (tertiary/aromatic N) is 3. The van der Waals surface area contributed by atoms with E-state index in [-0.39, 0.29) is 36.8 Å². The van der Waals surface area contributed by atoms with Crippen molar-refractivity contribution in [1.82, 2.24) is 14.9 Å². The molecule has 1 saturated heterocycles. The minimum Gasteiger partial charge on any atom is -0.469 e. The van der Waals surface area contributed by atoms with E-state index in [0.29, 0.717) is 24.3 Å². The molecule has 0 unspecified atom stereocenters. The Kier molecular flexibility index (Phi) is 7.61. The third kappa shape index (κ3) is 6.35. The molecule has 1 aliphatic heterocycles. The number of hydrogen-bond donors (Lipinski definition) is 2. The molecule has 11 heteroatoms. The minimum atomic E-state index is -4.62. The second-order valence-corrected chi connectivity index (χ2v) is 8.70. The minimum absolute atomic E-state index is 0.00900. The monoisotopic (exact) mass is 514 g/mol. The number of carbonyl (C=O) groups is 2. The fourth-order valence-corrected chi connectivity index (χ4v) is 4.17. The summed E-state index contributed by atoms with van der Waals surface area (Å²) in [4.78, 5) is 32.0. The van der Waals surface area contributed by atoms with Crippen LogP contribution < -0.4 is 5.32 Å². The van der Waals surface area contributed by atoms with Crippen LogP contribution in [-0.4, -0.2) is 52.2 Å². The highest BCUT2D eigenvalue weighted by Crippen LogP contribution is 2.33. The Morgan fingerprint density at radius 3 is 2.38 bits per heavy atom. The summed E-state index contributed by atoms with van der Waals surface area (Å²) < 4.78 is 45.7. The number of carbonyl (C=O) groups excluding carboxylic acids is 1. The number of alkyl halides is 3. The Labute approximate surface area is 211 Å². The fourth-order valence-electron chi connectivity index (χ4n) is 4.17. The van der Waals surface area contributed by atoms with Crippen LogP contribution in [0.5, 0.6) is 0 Å². The zero-order valence-corrected chi connectivity index (χ0v) is 20.0. The lowest BCUT2D eigenvalue weighted by molar-refractivity contribution is -0.140. The van der Waals surface area contributed by atoms with Crippen LogP contribution in [0.15, 0.2) is 54.7 Å². The normalized spacial score (nSPS) is 13.7. The van der Waals surface area contributed by atoms with Gasteiger partial charge in [0.05, 0.1) is 24.8 Å². The zero-order valence-electron chi connectivity index (χ0n) is 20.0. The highest BCUT2D eigenvalue weighted by molar-refractivity contribution is 5.72. The molecule has 1 aliphatic rings. The number of aromatic nitrogens is 2. The summed E-state index contributed by atoms with van der Waals surface area (Å²) in [5, 5.41) is 11.9. The lowest BCUT2D eigenvalue weighted by atomic mass is 9.92. The molecule has 0 aliphatic carbocycles. The number of hydrogen-bond acceptors (Lipinski definition) is 6. The second-order valence-electron chi connectivity index (χ2n) is 8.70. The van der Waals surface area contributed by atoms with E-state index >= 15 is 0 Å². The summed E-state index contributed by atoms with van der Waals surface area (Å²) in [6.45, 7) is 0.854. The number of halogens is 3. The lowest BCUT2D eigenvalue weighted by Crippen LogP contribution is -2.47. The number of amides is 1. The van der Waals surface area contributed by atoms with Gasteiger partial charge in [0.25, 0.3) is 0 Å². The topological polar surface area (TPSA) is 105 Å². The fraction of sp³-hybridized carbons (Fsp3) is 0.308. The SMILES string of the molecule is COC(=O)Cc1ccccc1CCc1nc(Nc2ccc(C3CN(C(=O)O)C3)cc2)ncc1C(F)(F)F. The molecule has 8 nitrogen and oxygen atoms in total. The van der Waals surface area contributed by atoms with Crippen molar-refractivity contribution in [3.05, 3.63) is 82.7 Å². The van der Waals surface area contributed by atoms with E-state index in [4.69, 9.17) is 9.84 Å². The van der Waals surface area contributed by atoms with Crippen LogP contribution >= 0.6 is 0 Å². The van der Waals surface area contributed by atoms with Gasteiger partial charge in [0, 0.05) is 30.9 Å². The van der Waals surface area contributed by atoms with Crippen LogP contribution in [0.1, 0.15) is 33.9 Å². The number of nitrogens with one attached hydrogen (secondary N) is 1. The molecule has 37 heavy (non-hydrogen) atoms. The number of esters is 1. The molecule has 1 aromatic heterocycles. The molecule has 194 valence electrons. The van der Waals surface area contributed by atoms with E-state index in [1.165, 1.54) is 12.0 Å². The smallest absolute Gasteiger partial charge is 0.419 e. The van der Waals surface area contributed by atoms with Crippen molar-refractivity contribution in [2.24, 2.45) is 0 Å². The van der Waals surface area contributed by atoms with Crippen molar-refractivity contribution in [2.75, 3.05) is 25.5 Å². The maximum atomic E-state index is 13.7. The van der Waals surface area contributed by atoms with Gasteiger partial charge in [-0.2, -0.15) is 13.2 Å². The van der Waals surface area contributed by atoms with Crippen LogP contribution in [0, 0.1) is 0 Å². The maximum Gasteiger partial charge on any atom is 0.419 e. The van der Waals surface area contributed by atoms with Crippen molar-refractivity contribution in [2.45, 2.75) is 31.4 Å². The van der Waals surface area contributed by atoms with Gasteiger partial charge in [0.2, 0.25) is 5.95 Å². The molecule has 0 radical (unpaired) electrons. The summed E-state index contributed by atoms with van der Waals surface area (Å²) in [7, 11) is 1.28. The van der Waals surface area contributed by atoms with Crippen molar-refractivity contribution in [3.8, 4) is 0 Å².